The molecule has 0 saturated heterocycles. The van der Waals surface area contributed by atoms with Crippen molar-refractivity contribution in [2.75, 3.05) is 0 Å². The van der Waals surface area contributed by atoms with Crippen molar-refractivity contribution >= 4 is 16.7 Å². The summed E-state index contributed by atoms with van der Waals surface area (Å²) < 4.78 is 17.4. The van der Waals surface area contributed by atoms with Crippen molar-refractivity contribution in [2.45, 2.75) is 20.0 Å². The Morgan fingerprint density at radius 1 is 1.22 bits per heavy atom. The lowest BCUT2D eigenvalue weighted by Crippen LogP contribution is -2.08. The van der Waals surface area contributed by atoms with Crippen LogP contribution in [0, 0.1) is 15.9 Å². The van der Waals surface area contributed by atoms with Gasteiger partial charge < -0.3 is 9.13 Å². The Bertz CT molecular complexity index is 1150. The van der Waals surface area contributed by atoms with E-state index in [1.807, 2.05) is 16.1 Å². The quantitative estimate of drug-likeness (QED) is 0.395. The lowest BCUT2D eigenvalue weighted by atomic mass is 10.2. The first-order chi connectivity index (χ1) is 13.1. The summed E-state index contributed by atoms with van der Waals surface area (Å²) in [5.41, 5.74) is 2.13. The Balaban J connectivity index is 1.75. The largest absolute Gasteiger partial charge is 0.327 e. The van der Waals surface area contributed by atoms with Crippen molar-refractivity contribution in [1.29, 1.82) is 0 Å². The smallest absolute Gasteiger partial charge is 0.270 e. The summed E-state index contributed by atoms with van der Waals surface area (Å²) in [5.74, 6) is 1.05. The van der Waals surface area contributed by atoms with Crippen LogP contribution >= 0.6 is 0 Å². The number of nitro groups is 1. The van der Waals surface area contributed by atoms with E-state index in [9.17, 15) is 14.5 Å². The molecule has 2 aromatic heterocycles. The summed E-state index contributed by atoms with van der Waals surface area (Å²) >= 11 is 0. The van der Waals surface area contributed by atoms with E-state index in [2.05, 4.69) is 9.97 Å². The summed E-state index contributed by atoms with van der Waals surface area (Å²) in [7, 11) is 0. The molecule has 8 heteroatoms. The normalized spacial score (nSPS) is 11.2. The van der Waals surface area contributed by atoms with Gasteiger partial charge in [0.1, 0.15) is 17.5 Å². The maximum Gasteiger partial charge on any atom is 0.270 e. The molecule has 136 valence electrons. The lowest BCUT2D eigenvalue weighted by Gasteiger charge is -2.10. The Hall–Kier alpha value is -3.55. The summed E-state index contributed by atoms with van der Waals surface area (Å²) in [6.45, 7) is 3.11. The van der Waals surface area contributed by atoms with E-state index >= 15 is 0 Å². The molecule has 0 spiro atoms. The van der Waals surface area contributed by atoms with Gasteiger partial charge in [-0.05, 0) is 19.1 Å². The van der Waals surface area contributed by atoms with E-state index in [1.54, 1.807) is 30.6 Å². The predicted octanol–water partition coefficient (Wildman–Crippen LogP) is 4.02. The van der Waals surface area contributed by atoms with Crippen molar-refractivity contribution in [3.05, 3.63) is 76.6 Å². The van der Waals surface area contributed by atoms with Crippen LogP contribution in [0.3, 0.4) is 0 Å². The second kappa shape index (κ2) is 6.64. The van der Waals surface area contributed by atoms with Gasteiger partial charge >= 0.3 is 0 Å². The van der Waals surface area contributed by atoms with Crippen molar-refractivity contribution in [3.8, 4) is 11.4 Å². The number of rotatable bonds is 5. The van der Waals surface area contributed by atoms with Gasteiger partial charge in [-0.1, -0.05) is 12.1 Å². The number of hydrogen-bond acceptors (Lipinski definition) is 4. The first-order valence-electron chi connectivity index (χ1n) is 8.47. The molecule has 0 atom stereocenters. The molecule has 0 radical (unpaired) electrons. The maximum atomic E-state index is 13.5. The predicted molar refractivity (Wildman–Crippen MR) is 98.8 cm³/mol. The highest BCUT2D eigenvalue weighted by Gasteiger charge is 2.15. The van der Waals surface area contributed by atoms with Crippen molar-refractivity contribution in [1.82, 2.24) is 19.1 Å². The molecule has 4 aromatic rings. The molecular weight excluding hydrogens is 349 g/mol. The lowest BCUT2D eigenvalue weighted by molar-refractivity contribution is -0.384. The molecule has 0 amide bonds. The molecular formula is C19H16FN5O2. The monoisotopic (exact) mass is 365 g/mol. The van der Waals surface area contributed by atoms with E-state index in [-0.39, 0.29) is 11.5 Å². The highest BCUT2D eigenvalue weighted by atomic mass is 19.1. The van der Waals surface area contributed by atoms with Crippen molar-refractivity contribution < 1.29 is 9.31 Å². The van der Waals surface area contributed by atoms with Crippen molar-refractivity contribution in [2.24, 2.45) is 0 Å². The first kappa shape index (κ1) is 16.9. The molecule has 0 aliphatic rings. The molecule has 2 aromatic carbocycles. The van der Waals surface area contributed by atoms with Crippen LogP contribution in [0.4, 0.5) is 10.1 Å². The number of benzene rings is 2. The van der Waals surface area contributed by atoms with Gasteiger partial charge in [0.05, 0.1) is 22.5 Å². The minimum absolute atomic E-state index is 0.0123. The topological polar surface area (TPSA) is 78.8 Å². The highest BCUT2D eigenvalue weighted by molar-refractivity contribution is 5.76. The Kier molecular flexibility index (Phi) is 4.15. The SMILES string of the molecule is CCn1c(Cn2ccnc2-c2cccc([N+](=O)[O-])c2)nc2cc(F)ccc21. The Morgan fingerprint density at radius 3 is 2.85 bits per heavy atom. The van der Waals surface area contributed by atoms with Gasteiger partial charge in [-0.15, -0.1) is 0 Å². The summed E-state index contributed by atoms with van der Waals surface area (Å²) in [6.07, 6.45) is 3.45. The van der Waals surface area contributed by atoms with Gasteiger partial charge in [0.2, 0.25) is 0 Å². The van der Waals surface area contributed by atoms with Crippen molar-refractivity contribution in [3.63, 3.8) is 0 Å². The molecule has 4 rings (SSSR count). The molecule has 0 aliphatic heterocycles. The van der Waals surface area contributed by atoms with Crippen LogP contribution in [-0.4, -0.2) is 24.0 Å². The fourth-order valence-electron chi connectivity index (χ4n) is 3.23. The third kappa shape index (κ3) is 3.05. The first-order valence-corrected chi connectivity index (χ1v) is 8.47. The van der Waals surface area contributed by atoms with Crippen LogP contribution in [0.5, 0.6) is 0 Å². The standard InChI is InChI=1S/C19H16FN5O2/c1-2-24-17-7-6-14(20)11-16(17)22-18(24)12-23-9-8-21-19(23)13-4-3-5-15(10-13)25(26)27/h3-11H,2,12H2,1H3. The fourth-order valence-corrected chi connectivity index (χ4v) is 3.23. The maximum absolute atomic E-state index is 13.5. The second-order valence-corrected chi connectivity index (χ2v) is 6.09. The number of nitro benzene ring substituents is 1. The average molecular weight is 365 g/mol. The number of halogens is 1. The molecule has 0 fully saturated rings. The molecule has 0 bridgehead atoms. The minimum Gasteiger partial charge on any atom is -0.327 e. The molecule has 0 aliphatic carbocycles. The third-order valence-corrected chi connectivity index (χ3v) is 4.45. The average Bonchev–Trinajstić information content (AvgIpc) is 3.25. The molecule has 0 N–H and O–H groups in total. The zero-order valence-electron chi connectivity index (χ0n) is 14.5. The molecule has 0 unspecified atom stereocenters. The number of aryl methyl sites for hydroxylation is 1. The van der Waals surface area contributed by atoms with Gasteiger partial charge in [0.25, 0.3) is 5.69 Å². The van der Waals surface area contributed by atoms with Gasteiger partial charge in [-0.2, -0.15) is 0 Å². The fraction of sp³-hybridized carbons (Fsp3) is 0.158. The van der Waals surface area contributed by atoms with E-state index in [0.717, 1.165) is 11.3 Å². The van der Waals surface area contributed by atoms with E-state index in [0.29, 0.717) is 30.0 Å². The summed E-state index contributed by atoms with van der Waals surface area (Å²) in [6, 6.07) is 10.9. The van der Waals surface area contributed by atoms with Crippen LogP contribution < -0.4 is 0 Å². The Labute approximate surface area is 153 Å². The molecule has 2 heterocycles. The second-order valence-electron chi connectivity index (χ2n) is 6.09. The number of non-ortho nitro benzene ring substituents is 1. The van der Waals surface area contributed by atoms with E-state index in [1.165, 1.54) is 24.3 Å². The van der Waals surface area contributed by atoms with Gasteiger partial charge in [-0.3, -0.25) is 10.1 Å². The van der Waals surface area contributed by atoms with Gasteiger partial charge in [0.15, 0.2) is 0 Å². The number of nitrogens with zero attached hydrogens (tertiary/aromatic N) is 5. The van der Waals surface area contributed by atoms with Crippen LogP contribution in [0.15, 0.2) is 54.9 Å². The molecule has 27 heavy (non-hydrogen) atoms. The van der Waals surface area contributed by atoms with E-state index in [4.69, 9.17) is 0 Å². The van der Waals surface area contributed by atoms with Crippen LogP contribution in [0.25, 0.3) is 22.4 Å². The Morgan fingerprint density at radius 2 is 2.07 bits per heavy atom. The molecule has 7 nitrogen and oxygen atoms in total. The van der Waals surface area contributed by atoms with Gasteiger partial charge in [0, 0.05) is 42.7 Å². The zero-order valence-corrected chi connectivity index (χ0v) is 14.5. The highest BCUT2D eigenvalue weighted by Crippen LogP contribution is 2.24. The zero-order chi connectivity index (χ0) is 19.0. The third-order valence-electron chi connectivity index (χ3n) is 4.45. The number of aromatic nitrogens is 4. The molecule has 0 saturated carbocycles. The number of imidazole rings is 2. The van der Waals surface area contributed by atoms with Crippen LogP contribution in [0.1, 0.15) is 12.7 Å². The van der Waals surface area contributed by atoms with Crippen LogP contribution in [-0.2, 0) is 13.1 Å². The summed E-state index contributed by atoms with van der Waals surface area (Å²) in [4.78, 5) is 19.5. The number of hydrogen-bond donors (Lipinski definition) is 0. The summed E-state index contributed by atoms with van der Waals surface area (Å²) in [5, 5.41) is 11.0. The van der Waals surface area contributed by atoms with Gasteiger partial charge in [-0.25, -0.2) is 14.4 Å². The van der Waals surface area contributed by atoms with E-state index < -0.39 is 4.92 Å². The van der Waals surface area contributed by atoms with Crippen LogP contribution in [0.2, 0.25) is 0 Å². The minimum atomic E-state index is -0.429. The number of fused-ring (bicyclic) bond motifs is 1.